The van der Waals surface area contributed by atoms with E-state index in [0.717, 1.165) is 11.3 Å². The van der Waals surface area contributed by atoms with Gasteiger partial charge in [0.05, 0.1) is 16.0 Å². The lowest BCUT2D eigenvalue weighted by Gasteiger charge is -2.01. The Hall–Kier alpha value is -1.61. The molecule has 9 heteroatoms. The number of aryl methyl sites for hydroxylation is 1. The van der Waals surface area contributed by atoms with Crippen molar-refractivity contribution in [2.75, 3.05) is 12.3 Å². The minimum atomic E-state index is 0. The van der Waals surface area contributed by atoms with Crippen LogP contribution < -0.4 is 22.7 Å². The van der Waals surface area contributed by atoms with E-state index in [1.165, 1.54) is 4.88 Å². The summed E-state index contributed by atoms with van der Waals surface area (Å²) >= 11 is 3.25. The van der Waals surface area contributed by atoms with Gasteiger partial charge in [0, 0.05) is 37.7 Å². The first-order chi connectivity index (χ1) is 11.1. The second-order valence-electron chi connectivity index (χ2n) is 4.84. The molecule has 0 radical (unpaired) electrons. The van der Waals surface area contributed by atoms with E-state index in [9.17, 15) is 0 Å². The number of hydrogen-bond acceptors (Lipinski definition) is 7. The molecule has 3 rings (SSSR count). The van der Waals surface area contributed by atoms with Crippen LogP contribution in [0.15, 0.2) is 28.8 Å². The topological polar surface area (TPSA) is 88.8 Å². The number of anilines is 1. The molecule has 3 heterocycles. The summed E-state index contributed by atoms with van der Waals surface area (Å²) in [5.41, 5.74) is 11.8. The van der Waals surface area contributed by atoms with Crippen LogP contribution in [0.5, 0.6) is 0 Å². The van der Waals surface area contributed by atoms with Crippen molar-refractivity contribution in [3.63, 3.8) is 0 Å². The quantitative estimate of drug-likeness (QED) is 0.548. The van der Waals surface area contributed by atoms with Gasteiger partial charge in [0.1, 0.15) is 11.6 Å². The Kier molecular flexibility index (Phi) is 8.77. The highest BCUT2D eigenvalue weighted by Crippen LogP contribution is 2.13. The number of aromatic nitrogens is 4. The van der Waals surface area contributed by atoms with E-state index in [4.69, 9.17) is 10.8 Å². The van der Waals surface area contributed by atoms with E-state index in [-0.39, 0.29) is 19.0 Å². The summed E-state index contributed by atoms with van der Waals surface area (Å²) in [6.07, 6.45) is 4.24. The Morgan fingerprint density at radius 3 is 2.67 bits per heavy atom. The Morgan fingerprint density at radius 1 is 1.33 bits per heavy atom. The zero-order valence-corrected chi connectivity index (χ0v) is 15.9. The first-order valence-electron chi connectivity index (χ1n) is 7.09. The maximum Gasteiger partial charge on any atom is 0.225 e. The Bertz CT molecular complexity index is 716. The summed E-state index contributed by atoms with van der Waals surface area (Å²) < 4.78 is 2.11. The summed E-state index contributed by atoms with van der Waals surface area (Å²) in [4.78, 5) is 13.3. The number of thiazole rings is 2. The van der Waals surface area contributed by atoms with Gasteiger partial charge in [-0.2, -0.15) is 4.57 Å². The fourth-order valence-corrected chi connectivity index (χ4v) is 3.28. The van der Waals surface area contributed by atoms with Crippen molar-refractivity contribution >= 4 is 28.5 Å². The summed E-state index contributed by atoms with van der Waals surface area (Å²) in [6, 6.07) is 0. The first kappa shape index (κ1) is 20.4. The molecule has 0 aliphatic rings. The van der Waals surface area contributed by atoms with Crippen LogP contribution >= 0.6 is 22.7 Å². The molecule has 0 unspecified atom stereocenters. The van der Waals surface area contributed by atoms with Crippen LogP contribution in [0.1, 0.15) is 22.0 Å². The number of nitrogens with two attached hydrogens (primary N) is 1. The molecule has 0 bridgehead atoms. The molecule has 3 aromatic heterocycles. The van der Waals surface area contributed by atoms with Gasteiger partial charge in [0.15, 0.2) is 12.2 Å². The standard InChI is InChI=1S/C12H17N4OS.C3H3NS.ClH/c1-8-11(3-4-17)18-7-16(8)6-10-5-14-9(2)15-12(10)13;1-2-5-3-4-1;/h5,7,17H,3-4,6H2,1-2H3,(H2,13,14,15);1-3H;1H/q+1;;/p-1. The van der Waals surface area contributed by atoms with Gasteiger partial charge in [-0.15, -0.1) is 11.3 Å². The molecule has 6 nitrogen and oxygen atoms in total. The molecule has 24 heavy (non-hydrogen) atoms. The molecule has 0 atom stereocenters. The van der Waals surface area contributed by atoms with Crippen LogP contribution in [-0.2, 0) is 13.0 Å². The maximum absolute atomic E-state index is 8.98. The lowest BCUT2D eigenvalue weighted by molar-refractivity contribution is -0.689. The average Bonchev–Trinajstić information content (AvgIpc) is 3.19. The molecule has 0 aliphatic carbocycles. The molecule has 0 spiro atoms. The van der Waals surface area contributed by atoms with E-state index < -0.39 is 0 Å². The van der Waals surface area contributed by atoms with Crippen molar-refractivity contribution in [1.29, 1.82) is 0 Å². The van der Waals surface area contributed by atoms with Crippen molar-refractivity contribution in [3.8, 4) is 0 Å². The second kappa shape index (κ2) is 10.3. The largest absolute Gasteiger partial charge is 1.00 e. The number of aliphatic hydroxyl groups is 1. The van der Waals surface area contributed by atoms with Gasteiger partial charge in [-0.05, 0) is 6.92 Å². The SMILES string of the molecule is Cc1ncc(C[n+]2csc(CCO)c2C)c(N)n1.[Cl-].c1cscn1. The third-order valence-corrected chi connectivity index (χ3v) is 4.87. The summed E-state index contributed by atoms with van der Waals surface area (Å²) in [7, 11) is 0. The molecule has 0 aliphatic heterocycles. The van der Waals surface area contributed by atoms with Crippen LogP contribution in [0.25, 0.3) is 0 Å². The highest BCUT2D eigenvalue weighted by Gasteiger charge is 2.16. The van der Waals surface area contributed by atoms with Gasteiger partial charge in [0.2, 0.25) is 5.51 Å². The van der Waals surface area contributed by atoms with E-state index in [1.54, 1.807) is 40.6 Å². The lowest BCUT2D eigenvalue weighted by atomic mass is 10.2. The predicted molar refractivity (Wildman–Crippen MR) is 92.4 cm³/mol. The van der Waals surface area contributed by atoms with Crippen LogP contribution in [0.2, 0.25) is 0 Å². The van der Waals surface area contributed by atoms with Crippen molar-refractivity contribution in [1.82, 2.24) is 15.0 Å². The molecule has 0 saturated heterocycles. The molecular formula is C15H20ClN5OS2. The highest BCUT2D eigenvalue weighted by molar-refractivity contribution is 7.09. The zero-order valence-electron chi connectivity index (χ0n) is 13.5. The van der Waals surface area contributed by atoms with Crippen LogP contribution in [0.4, 0.5) is 5.82 Å². The van der Waals surface area contributed by atoms with Crippen LogP contribution in [-0.4, -0.2) is 26.7 Å². The van der Waals surface area contributed by atoms with Gasteiger partial charge in [-0.3, -0.25) is 4.98 Å². The van der Waals surface area contributed by atoms with Gasteiger partial charge in [-0.1, -0.05) is 11.3 Å². The molecule has 0 fully saturated rings. The number of halogens is 1. The number of nitrogen functional groups attached to an aromatic ring is 1. The van der Waals surface area contributed by atoms with Crippen molar-refractivity contribution in [2.24, 2.45) is 0 Å². The molecule has 0 saturated carbocycles. The Morgan fingerprint density at radius 2 is 2.12 bits per heavy atom. The monoisotopic (exact) mass is 385 g/mol. The first-order valence-corrected chi connectivity index (χ1v) is 8.91. The molecule has 3 aromatic rings. The van der Waals surface area contributed by atoms with Crippen molar-refractivity contribution in [3.05, 3.63) is 50.8 Å². The van der Waals surface area contributed by atoms with E-state index >= 15 is 0 Å². The number of rotatable bonds is 4. The van der Waals surface area contributed by atoms with Gasteiger partial charge in [0.25, 0.3) is 0 Å². The summed E-state index contributed by atoms with van der Waals surface area (Å²) in [5, 5.41) is 10.9. The molecule has 3 N–H and O–H groups in total. The highest BCUT2D eigenvalue weighted by atomic mass is 35.5. The molecule has 0 aromatic carbocycles. The predicted octanol–water partition coefficient (Wildman–Crippen LogP) is -1.25. The van der Waals surface area contributed by atoms with Gasteiger partial charge < -0.3 is 23.2 Å². The Balaban J connectivity index is 0.000000412. The van der Waals surface area contributed by atoms with Crippen molar-refractivity contribution < 1.29 is 22.1 Å². The van der Waals surface area contributed by atoms with E-state index in [1.807, 2.05) is 24.7 Å². The van der Waals surface area contributed by atoms with Gasteiger partial charge in [-0.25, -0.2) is 9.97 Å². The van der Waals surface area contributed by atoms with Crippen LogP contribution in [0, 0.1) is 13.8 Å². The molecular weight excluding hydrogens is 366 g/mol. The number of hydrogen-bond donors (Lipinski definition) is 2. The molecule has 130 valence electrons. The fourth-order valence-electron chi connectivity index (χ4n) is 1.94. The minimum Gasteiger partial charge on any atom is -1.00 e. The maximum atomic E-state index is 8.98. The summed E-state index contributed by atoms with van der Waals surface area (Å²) in [5.74, 6) is 1.22. The normalized spacial score (nSPS) is 9.79. The van der Waals surface area contributed by atoms with E-state index in [0.29, 0.717) is 24.6 Å². The van der Waals surface area contributed by atoms with Crippen molar-refractivity contribution in [2.45, 2.75) is 26.8 Å². The Labute approximate surface area is 155 Å². The number of nitrogens with zero attached hydrogens (tertiary/aromatic N) is 4. The van der Waals surface area contributed by atoms with E-state index in [2.05, 4.69) is 19.5 Å². The minimum absolute atomic E-state index is 0. The average molecular weight is 386 g/mol. The van der Waals surface area contributed by atoms with Crippen LogP contribution in [0.3, 0.4) is 0 Å². The lowest BCUT2D eigenvalue weighted by Crippen LogP contribution is -3.00. The third kappa shape index (κ3) is 5.79. The van der Waals surface area contributed by atoms with Gasteiger partial charge >= 0.3 is 0 Å². The second-order valence-corrected chi connectivity index (χ2v) is 6.53. The number of aliphatic hydroxyl groups excluding tert-OH is 1. The summed E-state index contributed by atoms with van der Waals surface area (Å²) in [6.45, 7) is 4.71. The zero-order chi connectivity index (χ0) is 16.7. The molecule has 0 amide bonds. The smallest absolute Gasteiger partial charge is 0.225 e. The third-order valence-electron chi connectivity index (χ3n) is 3.20. The fraction of sp³-hybridized carbons (Fsp3) is 0.333.